The zero-order valence-corrected chi connectivity index (χ0v) is 20.3. The summed E-state index contributed by atoms with van der Waals surface area (Å²) < 4.78 is 28.1. The summed E-state index contributed by atoms with van der Waals surface area (Å²) in [5.74, 6) is 1.24. The highest BCUT2D eigenvalue weighted by Gasteiger charge is 2.45. The first-order valence-electron chi connectivity index (χ1n) is 10.8. The minimum Gasteiger partial charge on any atom is -0.494 e. The van der Waals surface area contributed by atoms with Gasteiger partial charge in [0.15, 0.2) is 22.1 Å². The number of hydrogen-bond acceptors (Lipinski definition) is 9. The van der Waals surface area contributed by atoms with E-state index >= 15 is 0 Å². The van der Waals surface area contributed by atoms with E-state index in [0.29, 0.717) is 45.7 Å². The van der Waals surface area contributed by atoms with Gasteiger partial charge in [-0.15, -0.1) is 11.3 Å². The van der Waals surface area contributed by atoms with Crippen LogP contribution >= 0.6 is 11.3 Å². The standard InChI is InChI=1S/C25H22N2O7S/c1-5-33-14-6-7-15-16(12-14)34-23-19(21(15)28)20(27(24(23)29)25-26-8-9-35-25)13-10-17(30-2)22(32-4)18(11-13)31-3/h6-12,20H,5H2,1-4H3. The molecule has 1 unspecified atom stereocenters. The molecular formula is C25H22N2O7S. The molecule has 0 aliphatic carbocycles. The van der Waals surface area contributed by atoms with Crippen LogP contribution in [-0.2, 0) is 0 Å². The molecule has 0 saturated carbocycles. The Morgan fingerprint density at radius 3 is 2.40 bits per heavy atom. The highest BCUT2D eigenvalue weighted by molar-refractivity contribution is 7.13. The highest BCUT2D eigenvalue weighted by Crippen LogP contribution is 2.46. The Bertz CT molecular complexity index is 1450. The van der Waals surface area contributed by atoms with Crippen LogP contribution in [0.1, 0.15) is 34.6 Å². The van der Waals surface area contributed by atoms with Gasteiger partial charge in [0.1, 0.15) is 11.3 Å². The van der Waals surface area contributed by atoms with Crippen LogP contribution in [0.2, 0.25) is 0 Å². The summed E-state index contributed by atoms with van der Waals surface area (Å²) in [6.07, 6.45) is 1.60. The number of methoxy groups -OCH3 is 3. The summed E-state index contributed by atoms with van der Waals surface area (Å²) in [6, 6.07) is 7.60. The molecule has 0 saturated heterocycles. The summed E-state index contributed by atoms with van der Waals surface area (Å²) in [6.45, 7) is 2.32. The molecule has 2 aromatic heterocycles. The van der Waals surface area contributed by atoms with E-state index in [1.54, 1.807) is 41.9 Å². The van der Waals surface area contributed by atoms with Crippen LogP contribution < -0.4 is 29.3 Å². The van der Waals surface area contributed by atoms with Gasteiger partial charge in [0.2, 0.25) is 11.5 Å². The second-order valence-corrected chi connectivity index (χ2v) is 8.49. The van der Waals surface area contributed by atoms with E-state index < -0.39 is 11.9 Å². The van der Waals surface area contributed by atoms with Crippen LogP contribution in [0.4, 0.5) is 5.13 Å². The lowest BCUT2D eigenvalue weighted by Crippen LogP contribution is -2.29. The summed E-state index contributed by atoms with van der Waals surface area (Å²) in [4.78, 5) is 33.2. The van der Waals surface area contributed by atoms with Gasteiger partial charge in [-0.3, -0.25) is 14.5 Å². The minimum absolute atomic E-state index is 0.0369. The topological polar surface area (TPSA) is 100 Å². The van der Waals surface area contributed by atoms with Gasteiger partial charge in [0, 0.05) is 17.6 Å². The Morgan fingerprint density at radius 1 is 1.06 bits per heavy atom. The van der Waals surface area contributed by atoms with E-state index in [1.165, 1.54) is 37.6 Å². The van der Waals surface area contributed by atoms with Gasteiger partial charge in [-0.05, 0) is 36.8 Å². The van der Waals surface area contributed by atoms with Crippen molar-refractivity contribution in [3.05, 3.63) is 69.0 Å². The molecule has 2 aromatic carbocycles. The van der Waals surface area contributed by atoms with Gasteiger partial charge in [-0.1, -0.05) is 0 Å². The van der Waals surface area contributed by atoms with Crippen LogP contribution in [0.25, 0.3) is 11.0 Å². The van der Waals surface area contributed by atoms with Crippen LogP contribution in [-0.4, -0.2) is 38.8 Å². The Labute approximate surface area is 204 Å². The number of thiazole rings is 1. The van der Waals surface area contributed by atoms with Gasteiger partial charge in [0.05, 0.1) is 44.9 Å². The highest BCUT2D eigenvalue weighted by atomic mass is 32.1. The van der Waals surface area contributed by atoms with Crippen molar-refractivity contribution < 1.29 is 28.2 Å². The molecule has 0 spiro atoms. The second-order valence-electron chi connectivity index (χ2n) is 7.62. The van der Waals surface area contributed by atoms with E-state index in [-0.39, 0.29) is 22.3 Å². The largest absolute Gasteiger partial charge is 0.494 e. The van der Waals surface area contributed by atoms with Gasteiger partial charge < -0.3 is 23.4 Å². The SMILES string of the molecule is CCOc1ccc2c(=O)c3c(oc2c1)C(=O)N(c1nccs1)C3c1cc(OC)c(OC)c(OC)c1. The minimum atomic E-state index is -0.815. The number of hydrogen-bond donors (Lipinski definition) is 0. The number of fused-ring (bicyclic) bond motifs is 2. The number of carbonyl (C=O) groups is 1. The lowest BCUT2D eigenvalue weighted by Gasteiger charge is -2.24. The van der Waals surface area contributed by atoms with Crippen molar-refractivity contribution in [2.45, 2.75) is 13.0 Å². The summed E-state index contributed by atoms with van der Waals surface area (Å²) in [5.41, 5.74) is 0.767. The molecule has 0 radical (unpaired) electrons. The maximum atomic E-state index is 13.8. The fourth-order valence-electron chi connectivity index (χ4n) is 4.31. The van der Waals surface area contributed by atoms with Gasteiger partial charge >= 0.3 is 0 Å². The summed E-state index contributed by atoms with van der Waals surface area (Å²) in [7, 11) is 4.52. The van der Waals surface area contributed by atoms with Crippen molar-refractivity contribution in [1.29, 1.82) is 0 Å². The summed E-state index contributed by atoms with van der Waals surface area (Å²) >= 11 is 1.28. The molecule has 0 fully saturated rings. The average Bonchev–Trinajstić information content (AvgIpc) is 3.50. The molecule has 1 atom stereocenters. The molecule has 0 N–H and O–H groups in total. The van der Waals surface area contributed by atoms with E-state index in [1.807, 2.05) is 6.92 Å². The molecule has 9 nitrogen and oxygen atoms in total. The third kappa shape index (κ3) is 3.57. The fraction of sp³-hybridized carbons (Fsp3) is 0.240. The van der Waals surface area contributed by atoms with Crippen LogP contribution in [0.5, 0.6) is 23.0 Å². The monoisotopic (exact) mass is 494 g/mol. The smallest absolute Gasteiger partial charge is 0.297 e. The number of benzene rings is 2. The van der Waals surface area contributed by atoms with Crippen LogP contribution in [0, 0.1) is 0 Å². The molecule has 35 heavy (non-hydrogen) atoms. The Morgan fingerprint density at radius 2 is 1.80 bits per heavy atom. The van der Waals surface area contributed by atoms with E-state index in [0.717, 1.165) is 0 Å². The quantitative estimate of drug-likeness (QED) is 0.372. The lowest BCUT2D eigenvalue weighted by molar-refractivity contribution is 0.0970. The third-order valence-corrected chi connectivity index (χ3v) is 6.55. The number of aromatic nitrogens is 1. The van der Waals surface area contributed by atoms with Gasteiger partial charge in [-0.25, -0.2) is 4.98 Å². The summed E-state index contributed by atoms with van der Waals surface area (Å²) in [5, 5.41) is 2.54. The molecular weight excluding hydrogens is 472 g/mol. The molecule has 1 amide bonds. The molecule has 1 aliphatic heterocycles. The first-order valence-corrected chi connectivity index (χ1v) is 11.7. The molecule has 180 valence electrons. The zero-order chi connectivity index (χ0) is 24.7. The molecule has 10 heteroatoms. The zero-order valence-electron chi connectivity index (χ0n) is 19.5. The van der Waals surface area contributed by atoms with Gasteiger partial charge in [0.25, 0.3) is 5.91 Å². The predicted molar refractivity (Wildman–Crippen MR) is 131 cm³/mol. The number of rotatable bonds is 7. The maximum absolute atomic E-state index is 13.8. The molecule has 4 aromatic rings. The normalized spacial score (nSPS) is 14.8. The van der Waals surface area contributed by atoms with Crippen LogP contribution in [0.3, 0.4) is 0 Å². The first kappa shape index (κ1) is 22.7. The van der Waals surface area contributed by atoms with Crippen molar-refractivity contribution in [3.63, 3.8) is 0 Å². The van der Waals surface area contributed by atoms with Crippen LogP contribution in [0.15, 0.2) is 51.1 Å². The number of carbonyl (C=O) groups excluding carboxylic acids is 1. The Balaban J connectivity index is 1.79. The number of ether oxygens (including phenoxy) is 4. The molecule has 0 bridgehead atoms. The fourth-order valence-corrected chi connectivity index (χ4v) is 4.98. The number of anilines is 1. The molecule has 5 rings (SSSR count). The van der Waals surface area contributed by atoms with Crippen molar-refractivity contribution in [1.82, 2.24) is 4.98 Å². The second kappa shape index (κ2) is 8.95. The van der Waals surface area contributed by atoms with E-state index in [4.69, 9.17) is 23.4 Å². The predicted octanol–water partition coefficient (Wildman–Crippen LogP) is 4.42. The van der Waals surface area contributed by atoms with E-state index in [2.05, 4.69) is 4.98 Å². The van der Waals surface area contributed by atoms with Crippen molar-refractivity contribution >= 4 is 33.3 Å². The van der Waals surface area contributed by atoms with Gasteiger partial charge in [-0.2, -0.15) is 0 Å². The van der Waals surface area contributed by atoms with Crippen molar-refractivity contribution in [2.75, 3.05) is 32.8 Å². The number of amides is 1. The molecule has 1 aliphatic rings. The lowest BCUT2D eigenvalue weighted by atomic mass is 9.97. The average molecular weight is 495 g/mol. The third-order valence-electron chi connectivity index (χ3n) is 5.78. The Kier molecular flexibility index (Phi) is 5.81. The van der Waals surface area contributed by atoms with E-state index in [9.17, 15) is 9.59 Å². The first-order chi connectivity index (χ1) is 17.0. The Hall–Kier alpha value is -4.05. The molecule has 3 heterocycles. The van der Waals surface area contributed by atoms with Crippen molar-refractivity contribution in [3.8, 4) is 23.0 Å². The number of nitrogens with zero attached hydrogens (tertiary/aromatic N) is 2. The maximum Gasteiger partial charge on any atom is 0.297 e. The van der Waals surface area contributed by atoms with Crippen molar-refractivity contribution in [2.24, 2.45) is 0 Å².